The van der Waals surface area contributed by atoms with Crippen molar-refractivity contribution in [2.24, 2.45) is 0 Å². The third-order valence-corrected chi connectivity index (χ3v) is 3.10. The SMILES string of the molecule is COC(=O)CC1CN(Cc2cnc(Cl)cn2)CCO1. The molecule has 0 amide bonds. The normalized spacial score (nSPS) is 20.2. The van der Waals surface area contributed by atoms with Gasteiger partial charge in [-0.15, -0.1) is 0 Å². The molecule has 1 aliphatic rings. The number of carbonyl (C=O) groups is 1. The van der Waals surface area contributed by atoms with Gasteiger partial charge in [0.1, 0.15) is 5.15 Å². The van der Waals surface area contributed by atoms with Crippen LogP contribution in [0.1, 0.15) is 12.1 Å². The van der Waals surface area contributed by atoms with Crippen molar-refractivity contribution in [1.29, 1.82) is 0 Å². The summed E-state index contributed by atoms with van der Waals surface area (Å²) in [4.78, 5) is 21.6. The minimum absolute atomic E-state index is 0.124. The first-order chi connectivity index (χ1) is 9.17. The molecule has 0 aromatic carbocycles. The van der Waals surface area contributed by atoms with E-state index in [0.29, 0.717) is 24.8 Å². The van der Waals surface area contributed by atoms with Crippen LogP contribution in [-0.4, -0.2) is 53.7 Å². The first-order valence-corrected chi connectivity index (χ1v) is 6.42. The molecule has 0 radical (unpaired) electrons. The molecule has 6 nitrogen and oxygen atoms in total. The Morgan fingerprint density at radius 3 is 3.11 bits per heavy atom. The third-order valence-electron chi connectivity index (χ3n) is 2.90. The molecule has 2 rings (SSSR count). The fourth-order valence-corrected chi connectivity index (χ4v) is 2.06. The summed E-state index contributed by atoms with van der Waals surface area (Å²) in [6, 6.07) is 0. The molecule has 104 valence electrons. The zero-order valence-corrected chi connectivity index (χ0v) is 11.5. The van der Waals surface area contributed by atoms with E-state index in [1.807, 2.05) is 0 Å². The van der Waals surface area contributed by atoms with Gasteiger partial charge in [0.05, 0.1) is 44.3 Å². The highest BCUT2D eigenvalue weighted by Crippen LogP contribution is 2.12. The van der Waals surface area contributed by atoms with Crippen LogP contribution in [-0.2, 0) is 20.8 Å². The Labute approximate surface area is 116 Å². The van der Waals surface area contributed by atoms with Crippen molar-refractivity contribution in [3.8, 4) is 0 Å². The maximum Gasteiger partial charge on any atom is 0.308 e. The Balaban J connectivity index is 1.87. The van der Waals surface area contributed by atoms with E-state index in [9.17, 15) is 4.79 Å². The maximum absolute atomic E-state index is 11.2. The lowest BCUT2D eigenvalue weighted by atomic mass is 10.2. The van der Waals surface area contributed by atoms with Crippen LogP contribution in [0.5, 0.6) is 0 Å². The number of halogens is 1. The Morgan fingerprint density at radius 2 is 2.42 bits per heavy atom. The number of hydrogen-bond donors (Lipinski definition) is 0. The Kier molecular flexibility index (Phi) is 5.07. The molecule has 0 N–H and O–H groups in total. The van der Waals surface area contributed by atoms with E-state index in [-0.39, 0.29) is 18.5 Å². The molecule has 0 bridgehead atoms. The average Bonchev–Trinajstić information content (AvgIpc) is 2.42. The van der Waals surface area contributed by atoms with Crippen LogP contribution in [0, 0.1) is 0 Å². The lowest BCUT2D eigenvalue weighted by Gasteiger charge is -2.32. The summed E-state index contributed by atoms with van der Waals surface area (Å²) in [5.74, 6) is -0.252. The fourth-order valence-electron chi connectivity index (χ4n) is 1.97. The van der Waals surface area contributed by atoms with Gasteiger partial charge in [-0.2, -0.15) is 0 Å². The minimum atomic E-state index is -0.252. The van der Waals surface area contributed by atoms with E-state index in [2.05, 4.69) is 19.6 Å². The fraction of sp³-hybridized carbons (Fsp3) is 0.583. The van der Waals surface area contributed by atoms with Crippen LogP contribution in [0.25, 0.3) is 0 Å². The zero-order chi connectivity index (χ0) is 13.7. The molecule has 1 aromatic heterocycles. The summed E-state index contributed by atoms with van der Waals surface area (Å²) in [5, 5.41) is 0.384. The topological polar surface area (TPSA) is 64.5 Å². The maximum atomic E-state index is 11.2. The van der Waals surface area contributed by atoms with Gasteiger partial charge in [-0.25, -0.2) is 4.98 Å². The van der Waals surface area contributed by atoms with Crippen molar-refractivity contribution in [3.63, 3.8) is 0 Å². The van der Waals surface area contributed by atoms with Gasteiger partial charge >= 0.3 is 5.97 Å². The highest BCUT2D eigenvalue weighted by Gasteiger charge is 2.23. The van der Waals surface area contributed by atoms with Gasteiger partial charge in [0.25, 0.3) is 0 Å². The second kappa shape index (κ2) is 6.79. The lowest BCUT2D eigenvalue weighted by Crippen LogP contribution is -2.43. The molecule has 1 fully saturated rings. The Morgan fingerprint density at radius 1 is 1.58 bits per heavy atom. The van der Waals surface area contributed by atoms with Crippen LogP contribution in [0.4, 0.5) is 0 Å². The van der Waals surface area contributed by atoms with Crippen LogP contribution in [0.15, 0.2) is 12.4 Å². The molecule has 2 heterocycles. The summed E-state index contributed by atoms with van der Waals surface area (Å²) in [6.45, 7) is 2.76. The van der Waals surface area contributed by atoms with Crippen molar-refractivity contribution in [2.75, 3.05) is 26.8 Å². The van der Waals surface area contributed by atoms with E-state index >= 15 is 0 Å². The van der Waals surface area contributed by atoms with E-state index in [4.69, 9.17) is 16.3 Å². The average molecular weight is 286 g/mol. The third kappa shape index (κ3) is 4.41. The second-order valence-electron chi connectivity index (χ2n) is 4.34. The van der Waals surface area contributed by atoms with Gasteiger partial charge in [-0.05, 0) is 0 Å². The predicted octanol–water partition coefficient (Wildman–Crippen LogP) is 0.894. The van der Waals surface area contributed by atoms with Gasteiger partial charge in [0, 0.05) is 19.6 Å². The molecule has 19 heavy (non-hydrogen) atoms. The van der Waals surface area contributed by atoms with Gasteiger partial charge < -0.3 is 9.47 Å². The Bertz CT molecular complexity index is 427. The van der Waals surface area contributed by atoms with Crippen molar-refractivity contribution in [1.82, 2.24) is 14.9 Å². The zero-order valence-electron chi connectivity index (χ0n) is 10.7. The van der Waals surface area contributed by atoms with E-state index in [1.165, 1.54) is 13.3 Å². The van der Waals surface area contributed by atoms with Crippen LogP contribution in [0.2, 0.25) is 5.15 Å². The molecule has 0 saturated carbocycles. The van der Waals surface area contributed by atoms with Gasteiger partial charge in [0.15, 0.2) is 0 Å². The van der Waals surface area contributed by atoms with Crippen LogP contribution >= 0.6 is 11.6 Å². The second-order valence-corrected chi connectivity index (χ2v) is 4.73. The predicted molar refractivity (Wildman–Crippen MR) is 68.7 cm³/mol. The standard InChI is InChI=1S/C12H16ClN3O3/c1-18-12(17)4-10-8-16(2-3-19-10)7-9-5-15-11(13)6-14-9/h5-6,10H,2-4,7-8H2,1H3. The number of ether oxygens (including phenoxy) is 2. The largest absolute Gasteiger partial charge is 0.469 e. The lowest BCUT2D eigenvalue weighted by molar-refractivity contribution is -0.145. The van der Waals surface area contributed by atoms with Crippen molar-refractivity contribution < 1.29 is 14.3 Å². The van der Waals surface area contributed by atoms with Gasteiger partial charge in [-0.1, -0.05) is 11.6 Å². The van der Waals surface area contributed by atoms with Gasteiger partial charge in [0.2, 0.25) is 0 Å². The number of methoxy groups -OCH3 is 1. The van der Waals surface area contributed by atoms with Crippen molar-refractivity contribution in [3.05, 3.63) is 23.2 Å². The van der Waals surface area contributed by atoms with Crippen LogP contribution in [0.3, 0.4) is 0 Å². The molecule has 1 atom stereocenters. The highest BCUT2D eigenvalue weighted by molar-refractivity contribution is 6.29. The van der Waals surface area contributed by atoms with Crippen molar-refractivity contribution in [2.45, 2.75) is 19.1 Å². The number of morpholine rings is 1. The smallest absolute Gasteiger partial charge is 0.308 e. The quantitative estimate of drug-likeness (QED) is 0.766. The summed E-state index contributed by atoms with van der Waals surface area (Å²) >= 11 is 5.69. The summed E-state index contributed by atoms with van der Waals surface area (Å²) in [7, 11) is 1.38. The van der Waals surface area contributed by atoms with E-state index < -0.39 is 0 Å². The molecule has 7 heteroatoms. The number of aromatic nitrogens is 2. The molecule has 1 aromatic rings. The molecule has 0 aliphatic carbocycles. The summed E-state index contributed by atoms with van der Waals surface area (Å²) in [6.07, 6.45) is 3.34. The van der Waals surface area contributed by atoms with E-state index in [1.54, 1.807) is 6.20 Å². The number of rotatable bonds is 4. The molecule has 1 saturated heterocycles. The first kappa shape index (κ1) is 14.2. The van der Waals surface area contributed by atoms with Gasteiger partial charge in [-0.3, -0.25) is 14.7 Å². The number of hydrogen-bond acceptors (Lipinski definition) is 6. The first-order valence-electron chi connectivity index (χ1n) is 6.04. The summed E-state index contributed by atoms with van der Waals surface area (Å²) in [5.41, 5.74) is 0.850. The highest BCUT2D eigenvalue weighted by atomic mass is 35.5. The number of carbonyl (C=O) groups excluding carboxylic acids is 1. The summed E-state index contributed by atoms with van der Waals surface area (Å²) < 4.78 is 10.2. The molecular formula is C12H16ClN3O3. The molecular weight excluding hydrogens is 270 g/mol. The Hall–Kier alpha value is -1.24. The van der Waals surface area contributed by atoms with E-state index in [0.717, 1.165) is 12.2 Å². The molecule has 0 spiro atoms. The number of nitrogens with zero attached hydrogens (tertiary/aromatic N) is 3. The minimum Gasteiger partial charge on any atom is -0.469 e. The molecule has 1 unspecified atom stereocenters. The molecule has 1 aliphatic heterocycles. The monoisotopic (exact) mass is 285 g/mol. The van der Waals surface area contributed by atoms with Crippen LogP contribution < -0.4 is 0 Å². The van der Waals surface area contributed by atoms with Crippen molar-refractivity contribution >= 4 is 17.6 Å². The number of esters is 1.